The van der Waals surface area contributed by atoms with Crippen molar-refractivity contribution in [3.8, 4) is 0 Å². The molecule has 1 aliphatic rings. The second-order valence-electron chi connectivity index (χ2n) is 6.47. The topological polar surface area (TPSA) is 45.2 Å². The average molecular weight is 384 g/mol. The molecule has 1 fully saturated rings. The molecule has 1 amide bonds. The Balaban J connectivity index is 0.00000156. The van der Waals surface area contributed by atoms with Crippen LogP contribution in [0.5, 0.6) is 0 Å². The van der Waals surface area contributed by atoms with Crippen molar-refractivity contribution in [2.75, 3.05) is 26.7 Å². The van der Waals surface area contributed by atoms with Crippen LogP contribution in [0.1, 0.15) is 35.3 Å². The highest BCUT2D eigenvalue weighted by atomic mass is 35.5. The molecule has 0 atom stereocenters. The standard InChI is InChI=1S/C19H25N3O.2ClH/c1-14-13-18(21-17-6-4-3-5-16(14)17)19(23)22-11-8-15(9-12-22)7-10-20-2;;/h3-6,13,15,20H,7-12H2,1-2H3;2*1H. The van der Waals surface area contributed by atoms with E-state index in [0.29, 0.717) is 5.69 Å². The van der Waals surface area contributed by atoms with E-state index in [1.165, 1.54) is 6.42 Å². The van der Waals surface area contributed by atoms with Crippen LogP contribution in [-0.4, -0.2) is 42.5 Å². The SMILES string of the molecule is CNCCC1CCN(C(=O)c2cc(C)c3ccccc3n2)CC1.Cl.Cl. The smallest absolute Gasteiger partial charge is 0.272 e. The zero-order chi connectivity index (χ0) is 16.2. The number of hydrogen-bond donors (Lipinski definition) is 1. The number of pyridine rings is 1. The highest BCUT2D eigenvalue weighted by molar-refractivity contribution is 5.96. The molecule has 1 aromatic carbocycles. The molecule has 0 spiro atoms. The fourth-order valence-electron chi connectivity index (χ4n) is 3.39. The number of nitrogens with zero attached hydrogens (tertiary/aromatic N) is 2. The fraction of sp³-hybridized carbons (Fsp3) is 0.474. The van der Waals surface area contributed by atoms with Crippen molar-refractivity contribution in [3.63, 3.8) is 0 Å². The van der Waals surface area contributed by atoms with Gasteiger partial charge in [-0.3, -0.25) is 4.79 Å². The molecule has 1 saturated heterocycles. The third-order valence-electron chi connectivity index (χ3n) is 4.85. The Morgan fingerprint density at radius 3 is 2.60 bits per heavy atom. The van der Waals surface area contributed by atoms with Gasteiger partial charge in [0.05, 0.1) is 5.52 Å². The van der Waals surface area contributed by atoms with Gasteiger partial charge in [0.15, 0.2) is 0 Å². The van der Waals surface area contributed by atoms with Crippen molar-refractivity contribution in [3.05, 3.63) is 41.6 Å². The maximum atomic E-state index is 12.8. The summed E-state index contributed by atoms with van der Waals surface area (Å²) in [7, 11) is 1.99. The van der Waals surface area contributed by atoms with Gasteiger partial charge < -0.3 is 10.2 Å². The summed E-state index contributed by atoms with van der Waals surface area (Å²) in [6.07, 6.45) is 3.39. The van der Waals surface area contributed by atoms with Gasteiger partial charge >= 0.3 is 0 Å². The summed E-state index contributed by atoms with van der Waals surface area (Å²) in [6, 6.07) is 9.94. The highest BCUT2D eigenvalue weighted by Crippen LogP contribution is 2.23. The van der Waals surface area contributed by atoms with Crippen LogP contribution >= 0.6 is 24.8 Å². The van der Waals surface area contributed by atoms with E-state index < -0.39 is 0 Å². The van der Waals surface area contributed by atoms with Crippen molar-refractivity contribution in [1.82, 2.24) is 15.2 Å². The van der Waals surface area contributed by atoms with Gasteiger partial charge in [-0.15, -0.1) is 24.8 Å². The maximum absolute atomic E-state index is 12.8. The lowest BCUT2D eigenvalue weighted by Crippen LogP contribution is -2.39. The van der Waals surface area contributed by atoms with E-state index in [-0.39, 0.29) is 30.7 Å². The molecule has 2 heterocycles. The lowest BCUT2D eigenvalue weighted by atomic mass is 9.93. The summed E-state index contributed by atoms with van der Waals surface area (Å²) >= 11 is 0. The first-order valence-corrected chi connectivity index (χ1v) is 8.49. The molecular formula is C19H27Cl2N3O. The zero-order valence-electron chi connectivity index (χ0n) is 14.8. The number of carbonyl (C=O) groups is 1. The monoisotopic (exact) mass is 383 g/mol. The number of para-hydroxylation sites is 1. The number of rotatable bonds is 4. The third-order valence-corrected chi connectivity index (χ3v) is 4.85. The maximum Gasteiger partial charge on any atom is 0.272 e. The number of aromatic nitrogens is 1. The van der Waals surface area contributed by atoms with E-state index in [1.54, 1.807) is 0 Å². The van der Waals surface area contributed by atoms with E-state index in [1.807, 2.05) is 43.1 Å². The first kappa shape index (κ1) is 21.7. The number of amides is 1. The van der Waals surface area contributed by atoms with Crippen LogP contribution in [0.3, 0.4) is 0 Å². The van der Waals surface area contributed by atoms with Gasteiger partial charge in [0.1, 0.15) is 5.69 Å². The average Bonchev–Trinajstić information content (AvgIpc) is 2.60. The van der Waals surface area contributed by atoms with E-state index in [2.05, 4.69) is 16.4 Å². The summed E-state index contributed by atoms with van der Waals surface area (Å²) < 4.78 is 0. The van der Waals surface area contributed by atoms with Crippen molar-refractivity contribution in [2.24, 2.45) is 5.92 Å². The Labute approximate surface area is 162 Å². The molecule has 1 N–H and O–H groups in total. The van der Waals surface area contributed by atoms with Crippen molar-refractivity contribution < 1.29 is 4.79 Å². The van der Waals surface area contributed by atoms with E-state index in [9.17, 15) is 4.79 Å². The molecule has 0 aliphatic carbocycles. The predicted octanol–water partition coefficient (Wildman–Crippen LogP) is 3.85. The highest BCUT2D eigenvalue weighted by Gasteiger charge is 2.24. The molecule has 6 heteroatoms. The molecule has 0 bridgehead atoms. The summed E-state index contributed by atoms with van der Waals surface area (Å²) in [5.74, 6) is 0.809. The summed E-state index contributed by atoms with van der Waals surface area (Å²) in [6.45, 7) is 4.80. The molecule has 4 nitrogen and oxygen atoms in total. The van der Waals surface area contributed by atoms with Gasteiger partial charge in [0, 0.05) is 18.5 Å². The normalized spacial score (nSPS) is 14.7. The first-order chi connectivity index (χ1) is 11.2. The van der Waals surface area contributed by atoms with Crippen LogP contribution in [0.15, 0.2) is 30.3 Å². The minimum Gasteiger partial charge on any atom is -0.337 e. The van der Waals surface area contributed by atoms with Crippen LogP contribution in [0.4, 0.5) is 0 Å². The quantitative estimate of drug-likeness (QED) is 0.871. The van der Waals surface area contributed by atoms with Crippen molar-refractivity contribution in [2.45, 2.75) is 26.2 Å². The molecule has 1 aliphatic heterocycles. The molecule has 0 saturated carbocycles. The largest absolute Gasteiger partial charge is 0.337 e. The minimum absolute atomic E-state index is 0. The van der Waals surface area contributed by atoms with E-state index >= 15 is 0 Å². The van der Waals surface area contributed by atoms with Gasteiger partial charge in [0.2, 0.25) is 0 Å². The predicted molar refractivity (Wildman–Crippen MR) is 108 cm³/mol. The fourth-order valence-corrected chi connectivity index (χ4v) is 3.39. The van der Waals surface area contributed by atoms with Crippen LogP contribution in [0.25, 0.3) is 10.9 Å². The third kappa shape index (κ3) is 5.06. The number of halogens is 2. The Bertz CT molecular complexity index is 700. The Kier molecular flexibility index (Phi) is 8.63. The minimum atomic E-state index is 0. The molecule has 3 rings (SSSR count). The second-order valence-corrected chi connectivity index (χ2v) is 6.47. The summed E-state index contributed by atoms with van der Waals surface area (Å²) in [4.78, 5) is 19.3. The molecule has 0 radical (unpaired) electrons. The number of hydrogen-bond acceptors (Lipinski definition) is 3. The van der Waals surface area contributed by atoms with Gasteiger partial charge in [-0.25, -0.2) is 4.98 Å². The van der Waals surface area contributed by atoms with E-state index in [0.717, 1.165) is 54.9 Å². The first-order valence-electron chi connectivity index (χ1n) is 8.49. The second kappa shape index (κ2) is 9.95. The van der Waals surface area contributed by atoms with Crippen LogP contribution in [0, 0.1) is 12.8 Å². The molecule has 0 unspecified atom stereocenters. The summed E-state index contributed by atoms with van der Waals surface area (Å²) in [5.41, 5.74) is 2.59. The Hall–Kier alpha value is -1.36. The van der Waals surface area contributed by atoms with Crippen LogP contribution in [0.2, 0.25) is 0 Å². The number of piperidine rings is 1. The van der Waals surface area contributed by atoms with Crippen molar-refractivity contribution >= 4 is 41.6 Å². The number of fused-ring (bicyclic) bond motifs is 1. The van der Waals surface area contributed by atoms with Crippen molar-refractivity contribution in [1.29, 1.82) is 0 Å². The lowest BCUT2D eigenvalue weighted by Gasteiger charge is -2.32. The summed E-state index contributed by atoms with van der Waals surface area (Å²) in [5, 5.41) is 4.33. The molecule has 1 aromatic heterocycles. The number of carbonyl (C=O) groups excluding carboxylic acids is 1. The van der Waals surface area contributed by atoms with Crippen LogP contribution < -0.4 is 5.32 Å². The number of benzene rings is 1. The molecule has 138 valence electrons. The molecule has 25 heavy (non-hydrogen) atoms. The van der Waals surface area contributed by atoms with Gasteiger partial charge in [-0.05, 0) is 63.4 Å². The Morgan fingerprint density at radius 2 is 1.92 bits per heavy atom. The Morgan fingerprint density at radius 1 is 1.24 bits per heavy atom. The lowest BCUT2D eigenvalue weighted by molar-refractivity contribution is 0.0681. The number of likely N-dealkylation sites (tertiary alicyclic amines) is 1. The number of aryl methyl sites for hydroxylation is 1. The molecule has 2 aromatic rings. The molecular weight excluding hydrogens is 357 g/mol. The number of nitrogens with one attached hydrogen (secondary N) is 1. The zero-order valence-corrected chi connectivity index (χ0v) is 16.5. The van der Waals surface area contributed by atoms with Crippen LogP contribution in [-0.2, 0) is 0 Å². The van der Waals surface area contributed by atoms with Gasteiger partial charge in [-0.2, -0.15) is 0 Å². The van der Waals surface area contributed by atoms with Gasteiger partial charge in [0.25, 0.3) is 5.91 Å². The van der Waals surface area contributed by atoms with Gasteiger partial charge in [-0.1, -0.05) is 18.2 Å². The van der Waals surface area contributed by atoms with E-state index in [4.69, 9.17) is 0 Å².